The number of pyridine rings is 1. The van der Waals surface area contributed by atoms with Gasteiger partial charge in [-0.2, -0.15) is 5.10 Å². The van der Waals surface area contributed by atoms with E-state index >= 15 is 0 Å². The van der Waals surface area contributed by atoms with Crippen LogP contribution in [0.4, 0.5) is 10.1 Å². The van der Waals surface area contributed by atoms with E-state index in [0.717, 1.165) is 5.56 Å². The van der Waals surface area contributed by atoms with Gasteiger partial charge in [0.1, 0.15) is 5.82 Å². The van der Waals surface area contributed by atoms with E-state index in [1.807, 2.05) is 6.07 Å². The van der Waals surface area contributed by atoms with E-state index in [9.17, 15) is 14.0 Å². The molecule has 1 amide bonds. The lowest BCUT2D eigenvalue weighted by Gasteiger charge is -2.08. The number of hydrogen-bond acceptors (Lipinski definition) is 4. The summed E-state index contributed by atoms with van der Waals surface area (Å²) in [5.74, 6) is -0.797. The highest BCUT2D eigenvalue weighted by atomic mass is 19.1. The summed E-state index contributed by atoms with van der Waals surface area (Å²) in [6.07, 6.45) is 3.88. The molecule has 1 N–H and O–H groups in total. The van der Waals surface area contributed by atoms with Gasteiger partial charge in [-0.1, -0.05) is 12.1 Å². The Hall–Kier alpha value is -3.35. The van der Waals surface area contributed by atoms with Crippen molar-refractivity contribution in [3.63, 3.8) is 0 Å². The van der Waals surface area contributed by atoms with Crippen LogP contribution in [0.5, 0.6) is 0 Å². The molecule has 0 aliphatic carbocycles. The van der Waals surface area contributed by atoms with Gasteiger partial charge in [0.25, 0.3) is 5.56 Å². The van der Waals surface area contributed by atoms with E-state index in [1.54, 1.807) is 36.7 Å². The van der Waals surface area contributed by atoms with Crippen LogP contribution < -0.4 is 10.9 Å². The number of nitrogens with zero attached hydrogens (tertiary/aromatic N) is 3. The van der Waals surface area contributed by atoms with E-state index in [0.29, 0.717) is 12.1 Å². The standard InChI is InChI=1S/C19H17FN4O2/c20-15-6-1-2-7-17(15)22-18(25)8-4-12-24-19(26)10-9-16(23-24)14-5-3-11-21-13-14/h1-3,5-7,9-11,13H,4,8,12H2,(H,22,25). The van der Waals surface area contributed by atoms with Crippen molar-refractivity contribution < 1.29 is 9.18 Å². The monoisotopic (exact) mass is 352 g/mol. The number of anilines is 1. The first-order valence-corrected chi connectivity index (χ1v) is 8.16. The van der Waals surface area contributed by atoms with Crippen LogP contribution in [0.15, 0.2) is 65.7 Å². The number of aromatic nitrogens is 3. The Labute approximate surface area is 149 Å². The van der Waals surface area contributed by atoms with Gasteiger partial charge in [0.15, 0.2) is 0 Å². The number of carbonyl (C=O) groups excluding carboxylic acids is 1. The zero-order valence-electron chi connectivity index (χ0n) is 13.9. The molecule has 1 aromatic carbocycles. The van der Waals surface area contributed by atoms with Crippen LogP contribution in [0.25, 0.3) is 11.3 Å². The molecule has 7 heteroatoms. The van der Waals surface area contributed by atoms with Gasteiger partial charge in [0.05, 0.1) is 11.4 Å². The molecular weight excluding hydrogens is 335 g/mol. The minimum absolute atomic E-state index is 0.145. The Morgan fingerprint density at radius 3 is 2.73 bits per heavy atom. The lowest BCUT2D eigenvalue weighted by molar-refractivity contribution is -0.116. The number of rotatable bonds is 6. The van der Waals surface area contributed by atoms with Crippen molar-refractivity contribution in [2.45, 2.75) is 19.4 Å². The summed E-state index contributed by atoms with van der Waals surface area (Å²) in [5, 5.41) is 6.83. The molecule has 0 atom stereocenters. The van der Waals surface area contributed by atoms with Crippen LogP contribution >= 0.6 is 0 Å². The fourth-order valence-electron chi connectivity index (χ4n) is 2.44. The summed E-state index contributed by atoms with van der Waals surface area (Å²) in [7, 11) is 0. The molecule has 2 aromatic heterocycles. The first kappa shape index (κ1) is 17.5. The number of carbonyl (C=O) groups is 1. The fraction of sp³-hybridized carbons (Fsp3) is 0.158. The second-order valence-electron chi connectivity index (χ2n) is 5.65. The average Bonchev–Trinajstić information content (AvgIpc) is 2.66. The molecule has 0 radical (unpaired) electrons. The third-order valence-corrected chi connectivity index (χ3v) is 3.75. The van der Waals surface area contributed by atoms with Gasteiger partial charge >= 0.3 is 0 Å². The van der Waals surface area contributed by atoms with Crippen LogP contribution in [0.3, 0.4) is 0 Å². The zero-order valence-corrected chi connectivity index (χ0v) is 13.9. The lowest BCUT2D eigenvalue weighted by atomic mass is 10.2. The van der Waals surface area contributed by atoms with Gasteiger partial charge in [-0.25, -0.2) is 9.07 Å². The maximum absolute atomic E-state index is 13.5. The molecule has 6 nitrogen and oxygen atoms in total. The van der Waals surface area contributed by atoms with Gasteiger partial charge in [0, 0.05) is 37.0 Å². The second-order valence-corrected chi connectivity index (χ2v) is 5.65. The van der Waals surface area contributed by atoms with Gasteiger partial charge in [-0.3, -0.25) is 14.6 Å². The first-order valence-electron chi connectivity index (χ1n) is 8.16. The van der Waals surface area contributed by atoms with E-state index in [1.165, 1.54) is 22.9 Å². The van der Waals surface area contributed by atoms with Crippen LogP contribution in [0, 0.1) is 5.82 Å². The van der Waals surface area contributed by atoms with E-state index in [2.05, 4.69) is 15.4 Å². The van der Waals surface area contributed by atoms with Crippen LogP contribution in [0.1, 0.15) is 12.8 Å². The molecule has 2 heterocycles. The molecule has 0 unspecified atom stereocenters. The van der Waals surface area contributed by atoms with Crippen molar-refractivity contribution in [1.29, 1.82) is 0 Å². The molecule has 26 heavy (non-hydrogen) atoms. The van der Waals surface area contributed by atoms with Gasteiger partial charge in [-0.15, -0.1) is 0 Å². The number of para-hydroxylation sites is 1. The van der Waals surface area contributed by atoms with Crippen LogP contribution in [0.2, 0.25) is 0 Å². The zero-order chi connectivity index (χ0) is 18.4. The molecule has 0 saturated carbocycles. The maximum atomic E-state index is 13.5. The average molecular weight is 352 g/mol. The van der Waals surface area contributed by atoms with Crippen LogP contribution in [-0.4, -0.2) is 20.7 Å². The van der Waals surface area contributed by atoms with E-state index in [4.69, 9.17) is 0 Å². The fourth-order valence-corrected chi connectivity index (χ4v) is 2.44. The number of amides is 1. The summed E-state index contributed by atoms with van der Waals surface area (Å²) in [5.41, 5.74) is 1.34. The molecule has 3 rings (SSSR count). The lowest BCUT2D eigenvalue weighted by Crippen LogP contribution is -2.23. The van der Waals surface area contributed by atoms with E-state index < -0.39 is 5.82 Å². The van der Waals surface area contributed by atoms with Crippen molar-refractivity contribution in [2.75, 3.05) is 5.32 Å². The number of benzene rings is 1. The van der Waals surface area contributed by atoms with Gasteiger partial charge in [0.2, 0.25) is 5.91 Å². The van der Waals surface area contributed by atoms with Crippen LogP contribution in [-0.2, 0) is 11.3 Å². The third-order valence-electron chi connectivity index (χ3n) is 3.75. The Kier molecular flexibility index (Phi) is 5.48. The third kappa shape index (κ3) is 4.38. The van der Waals surface area contributed by atoms with Crippen molar-refractivity contribution in [3.8, 4) is 11.3 Å². The first-order chi connectivity index (χ1) is 12.6. The summed E-state index contributed by atoms with van der Waals surface area (Å²) in [6.45, 7) is 0.289. The molecular formula is C19H17FN4O2. The molecule has 0 aliphatic heterocycles. The normalized spacial score (nSPS) is 10.5. The minimum atomic E-state index is -0.483. The van der Waals surface area contributed by atoms with Gasteiger partial charge < -0.3 is 5.32 Å². The predicted molar refractivity (Wildman–Crippen MR) is 96.0 cm³/mol. The van der Waals surface area contributed by atoms with Crippen molar-refractivity contribution in [3.05, 3.63) is 77.1 Å². The number of nitrogens with one attached hydrogen (secondary N) is 1. The van der Waals surface area contributed by atoms with E-state index in [-0.39, 0.29) is 30.1 Å². The smallest absolute Gasteiger partial charge is 0.266 e. The Morgan fingerprint density at radius 1 is 1.12 bits per heavy atom. The highest BCUT2D eigenvalue weighted by Gasteiger charge is 2.08. The predicted octanol–water partition coefficient (Wildman–Crippen LogP) is 2.86. The number of hydrogen-bond donors (Lipinski definition) is 1. The summed E-state index contributed by atoms with van der Waals surface area (Å²) in [4.78, 5) is 27.9. The van der Waals surface area contributed by atoms with Crippen molar-refractivity contribution in [1.82, 2.24) is 14.8 Å². The highest BCUT2D eigenvalue weighted by molar-refractivity contribution is 5.90. The maximum Gasteiger partial charge on any atom is 0.266 e. The Balaban J connectivity index is 1.60. The molecule has 132 valence electrons. The quantitative estimate of drug-likeness (QED) is 0.740. The van der Waals surface area contributed by atoms with Gasteiger partial charge in [-0.05, 0) is 36.8 Å². The topological polar surface area (TPSA) is 76.9 Å². The molecule has 0 aliphatic rings. The Morgan fingerprint density at radius 2 is 1.96 bits per heavy atom. The van der Waals surface area contributed by atoms with Crippen molar-refractivity contribution in [2.24, 2.45) is 0 Å². The molecule has 0 fully saturated rings. The SMILES string of the molecule is O=C(CCCn1nc(-c2cccnc2)ccc1=O)Nc1ccccc1F. The highest BCUT2D eigenvalue weighted by Crippen LogP contribution is 2.14. The van der Waals surface area contributed by atoms with Crippen molar-refractivity contribution >= 4 is 11.6 Å². The minimum Gasteiger partial charge on any atom is -0.324 e. The molecule has 0 saturated heterocycles. The Bertz CT molecular complexity index is 957. The summed E-state index contributed by atoms with van der Waals surface area (Å²) in [6, 6.07) is 12.7. The summed E-state index contributed by atoms with van der Waals surface area (Å²) >= 11 is 0. The second kappa shape index (κ2) is 8.15. The number of halogens is 1. The largest absolute Gasteiger partial charge is 0.324 e. The molecule has 3 aromatic rings. The summed E-state index contributed by atoms with van der Waals surface area (Å²) < 4.78 is 14.8. The molecule has 0 spiro atoms. The number of aryl methyl sites for hydroxylation is 1. The molecule has 0 bridgehead atoms.